The number of hydrogen-bond donors (Lipinski definition) is 1. The van der Waals surface area contributed by atoms with Gasteiger partial charge in [-0.15, -0.1) is 21.5 Å². The van der Waals surface area contributed by atoms with Gasteiger partial charge in [-0.05, 0) is 51.3 Å². The molecular formula is C14H19N3OS. The number of hydrogen-bond acceptors (Lipinski definition) is 5. The molecule has 0 saturated heterocycles. The number of aromatic nitrogens is 2. The van der Waals surface area contributed by atoms with Gasteiger partial charge in [0.2, 0.25) is 5.89 Å². The van der Waals surface area contributed by atoms with E-state index in [1.54, 1.807) is 11.3 Å². The first-order valence-corrected chi connectivity index (χ1v) is 7.67. The highest BCUT2D eigenvalue weighted by atomic mass is 32.1. The van der Waals surface area contributed by atoms with E-state index in [0.29, 0.717) is 5.89 Å². The summed E-state index contributed by atoms with van der Waals surface area (Å²) < 4.78 is 5.72. The maximum atomic E-state index is 5.72. The Bertz CT molecular complexity index is 537. The van der Waals surface area contributed by atoms with Gasteiger partial charge in [0.05, 0.1) is 4.88 Å². The highest BCUT2D eigenvalue weighted by Crippen LogP contribution is 2.29. The summed E-state index contributed by atoms with van der Waals surface area (Å²) in [7, 11) is 0. The minimum atomic E-state index is 0.659. The first-order chi connectivity index (χ1) is 9.22. The normalized spacial score (nSPS) is 15.1. The number of thiophene rings is 1. The van der Waals surface area contributed by atoms with Gasteiger partial charge >= 0.3 is 0 Å². The quantitative estimate of drug-likeness (QED) is 0.824. The number of rotatable bonds is 6. The molecule has 0 bridgehead atoms. The Kier molecular flexibility index (Phi) is 3.66. The van der Waals surface area contributed by atoms with Crippen molar-refractivity contribution in [1.82, 2.24) is 15.5 Å². The minimum Gasteiger partial charge on any atom is -0.420 e. The summed E-state index contributed by atoms with van der Waals surface area (Å²) in [6.07, 6.45) is 4.58. The molecule has 2 heterocycles. The van der Waals surface area contributed by atoms with Gasteiger partial charge in [0.25, 0.3) is 5.89 Å². The molecule has 1 saturated carbocycles. The molecule has 4 nitrogen and oxygen atoms in total. The van der Waals surface area contributed by atoms with Gasteiger partial charge in [-0.1, -0.05) is 0 Å². The van der Waals surface area contributed by atoms with E-state index in [1.807, 2.05) is 0 Å². The zero-order chi connectivity index (χ0) is 13.2. The summed E-state index contributed by atoms with van der Waals surface area (Å²) in [6.45, 7) is 5.26. The highest BCUT2D eigenvalue weighted by molar-refractivity contribution is 7.15. The van der Waals surface area contributed by atoms with Crippen LogP contribution in [0.3, 0.4) is 0 Å². The van der Waals surface area contributed by atoms with E-state index >= 15 is 0 Å². The van der Waals surface area contributed by atoms with E-state index < -0.39 is 0 Å². The second-order valence-electron chi connectivity index (χ2n) is 5.18. The second-order valence-corrected chi connectivity index (χ2v) is 6.44. The molecule has 0 aliphatic heterocycles. The lowest BCUT2D eigenvalue weighted by molar-refractivity contribution is 0.491. The summed E-state index contributed by atoms with van der Waals surface area (Å²) in [5, 5.41) is 11.8. The number of nitrogens with one attached hydrogen (secondary N) is 1. The molecule has 2 aromatic rings. The molecule has 1 aliphatic carbocycles. The average molecular weight is 277 g/mol. The van der Waals surface area contributed by atoms with Crippen LogP contribution in [0.4, 0.5) is 0 Å². The van der Waals surface area contributed by atoms with Gasteiger partial charge in [0.1, 0.15) is 0 Å². The molecule has 0 amide bonds. The lowest BCUT2D eigenvalue weighted by atomic mass is 10.3. The van der Waals surface area contributed by atoms with Crippen molar-refractivity contribution < 1.29 is 4.42 Å². The summed E-state index contributed by atoms with van der Waals surface area (Å²) in [5.41, 5.74) is 1.29. The predicted molar refractivity (Wildman–Crippen MR) is 76.4 cm³/mol. The molecule has 0 aromatic carbocycles. The van der Waals surface area contributed by atoms with Crippen LogP contribution in [0.15, 0.2) is 10.5 Å². The Labute approximate surface area is 117 Å². The zero-order valence-corrected chi connectivity index (χ0v) is 12.2. The van der Waals surface area contributed by atoms with Crippen molar-refractivity contribution in [2.75, 3.05) is 6.54 Å². The third-order valence-electron chi connectivity index (χ3n) is 3.42. The maximum absolute atomic E-state index is 5.72. The monoisotopic (exact) mass is 277 g/mol. The van der Waals surface area contributed by atoms with Gasteiger partial charge in [-0.3, -0.25) is 0 Å². The van der Waals surface area contributed by atoms with Crippen molar-refractivity contribution in [2.24, 2.45) is 0 Å². The molecule has 0 unspecified atom stereocenters. The first-order valence-electron chi connectivity index (χ1n) is 6.85. The van der Waals surface area contributed by atoms with E-state index in [2.05, 4.69) is 35.4 Å². The van der Waals surface area contributed by atoms with Crippen molar-refractivity contribution in [1.29, 1.82) is 0 Å². The van der Waals surface area contributed by atoms with Gasteiger partial charge in [0, 0.05) is 17.3 Å². The van der Waals surface area contributed by atoms with Crippen LogP contribution in [0, 0.1) is 13.8 Å². The number of aryl methyl sites for hydroxylation is 3. The van der Waals surface area contributed by atoms with E-state index in [1.165, 1.54) is 23.3 Å². The molecule has 1 aliphatic rings. The zero-order valence-electron chi connectivity index (χ0n) is 11.4. The van der Waals surface area contributed by atoms with Gasteiger partial charge in [-0.2, -0.15) is 0 Å². The topological polar surface area (TPSA) is 51.0 Å². The Hall–Kier alpha value is -1.20. The molecule has 102 valence electrons. The van der Waals surface area contributed by atoms with Crippen molar-refractivity contribution in [3.05, 3.63) is 22.4 Å². The Morgan fingerprint density at radius 1 is 1.37 bits per heavy atom. The van der Waals surface area contributed by atoms with Crippen molar-refractivity contribution in [3.63, 3.8) is 0 Å². The van der Waals surface area contributed by atoms with Crippen LogP contribution in [0.5, 0.6) is 0 Å². The predicted octanol–water partition coefficient (Wildman–Crippen LogP) is 3.10. The third kappa shape index (κ3) is 3.22. The Balaban J connectivity index is 1.55. The van der Waals surface area contributed by atoms with Gasteiger partial charge in [-0.25, -0.2) is 0 Å². The van der Waals surface area contributed by atoms with Crippen LogP contribution >= 0.6 is 11.3 Å². The van der Waals surface area contributed by atoms with Crippen LogP contribution in [0.2, 0.25) is 0 Å². The summed E-state index contributed by atoms with van der Waals surface area (Å²) in [5.74, 6) is 1.41. The average Bonchev–Trinajstić information content (AvgIpc) is 2.99. The van der Waals surface area contributed by atoms with Crippen molar-refractivity contribution >= 4 is 11.3 Å². The molecule has 2 aromatic heterocycles. The fraction of sp³-hybridized carbons (Fsp3) is 0.571. The van der Waals surface area contributed by atoms with Crippen molar-refractivity contribution in [2.45, 2.75) is 45.6 Å². The summed E-state index contributed by atoms with van der Waals surface area (Å²) in [4.78, 5) is 2.38. The van der Waals surface area contributed by atoms with Crippen LogP contribution in [-0.4, -0.2) is 22.8 Å². The van der Waals surface area contributed by atoms with Crippen LogP contribution in [0.1, 0.15) is 35.6 Å². The van der Waals surface area contributed by atoms with E-state index in [4.69, 9.17) is 4.42 Å². The van der Waals surface area contributed by atoms with Gasteiger partial charge in [0.15, 0.2) is 0 Å². The molecule has 0 atom stereocenters. The second kappa shape index (κ2) is 5.43. The Morgan fingerprint density at radius 2 is 2.21 bits per heavy atom. The molecule has 0 radical (unpaired) electrons. The summed E-state index contributed by atoms with van der Waals surface area (Å²) in [6, 6.07) is 2.89. The van der Waals surface area contributed by atoms with Crippen molar-refractivity contribution in [3.8, 4) is 10.8 Å². The smallest absolute Gasteiger partial charge is 0.257 e. The number of nitrogens with zero attached hydrogens (tertiary/aromatic N) is 2. The molecule has 19 heavy (non-hydrogen) atoms. The van der Waals surface area contributed by atoms with Crippen LogP contribution < -0.4 is 5.32 Å². The fourth-order valence-corrected chi connectivity index (χ4v) is 2.92. The van der Waals surface area contributed by atoms with E-state index in [-0.39, 0.29) is 0 Å². The molecule has 5 heteroatoms. The molecule has 1 N–H and O–H groups in total. The largest absolute Gasteiger partial charge is 0.420 e. The standard InChI is InChI=1S/C14H19N3OS/c1-9-8-12(19-10(9)2)14-17-16-13(18-14)4-3-7-15-11-5-6-11/h8,11,15H,3-7H2,1-2H3. The van der Waals surface area contributed by atoms with E-state index in [0.717, 1.165) is 36.2 Å². The molecule has 1 fully saturated rings. The fourth-order valence-electron chi connectivity index (χ4n) is 1.97. The lowest BCUT2D eigenvalue weighted by Gasteiger charge is -1.99. The highest BCUT2D eigenvalue weighted by Gasteiger charge is 2.19. The summed E-state index contributed by atoms with van der Waals surface area (Å²) >= 11 is 1.71. The SMILES string of the molecule is Cc1cc(-c2nnc(CCCNC3CC3)o2)sc1C. The first kappa shape index (κ1) is 12.8. The lowest BCUT2D eigenvalue weighted by Crippen LogP contribution is -2.17. The Morgan fingerprint density at radius 3 is 2.89 bits per heavy atom. The molecule has 3 rings (SSSR count). The third-order valence-corrected chi connectivity index (χ3v) is 4.56. The van der Waals surface area contributed by atoms with Crippen LogP contribution in [0.25, 0.3) is 10.8 Å². The van der Waals surface area contributed by atoms with Gasteiger partial charge < -0.3 is 9.73 Å². The maximum Gasteiger partial charge on any atom is 0.257 e. The molecule has 0 spiro atoms. The van der Waals surface area contributed by atoms with Crippen LogP contribution in [-0.2, 0) is 6.42 Å². The molecular weight excluding hydrogens is 258 g/mol. The minimum absolute atomic E-state index is 0.659. The van der Waals surface area contributed by atoms with E-state index in [9.17, 15) is 0 Å².